The number of rotatable bonds is 0. The summed E-state index contributed by atoms with van der Waals surface area (Å²) in [5, 5.41) is 27.4. The lowest BCUT2D eigenvalue weighted by atomic mass is 9.99. The molecule has 5 N–H and O–H groups in total. The van der Waals surface area contributed by atoms with Gasteiger partial charge in [0.15, 0.2) is 6.29 Å². The average Bonchev–Trinajstić information content (AvgIpc) is 1.97. The zero-order valence-corrected chi connectivity index (χ0v) is 6.21. The minimum Gasteiger partial charge on any atom is -0.388 e. The molecule has 0 aliphatic carbocycles. The fourth-order valence-corrected chi connectivity index (χ4v) is 1.07. The van der Waals surface area contributed by atoms with E-state index in [1.165, 1.54) is 0 Å². The van der Waals surface area contributed by atoms with Crippen LogP contribution in [0.1, 0.15) is 6.92 Å². The highest BCUT2D eigenvalue weighted by Gasteiger charge is 2.39. The topological polar surface area (TPSA) is 95.9 Å². The molecule has 1 heterocycles. The molecule has 1 unspecified atom stereocenters. The lowest BCUT2D eigenvalue weighted by Crippen LogP contribution is -2.60. The van der Waals surface area contributed by atoms with E-state index in [9.17, 15) is 5.11 Å². The summed E-state index contributed by atoms with van der Waals surface area (Å²) >= 11 is 0. The Morgan fingerprint density at radius 1 is 1.18 bits per heavy atom. The van der Waals surface area contributed by atoms with E-state index in [2.05, 4.69) is 0 Å². The summed E-state index contributed by atoms with van der Waals surface area (Å²) in [6.45, 7) is 1.56. The maximum Gasteiger partial charge on any atom is 0.172 e. The SMILES string of the molecule is C[C@H]1OC(O)[C@@H](N)[C@@H](O)[C@@H]1O. The van der Waals surface area contributed by atoms with Gasteiger partial charge in [-0.2, -0.15) is 0 Å². The van der Waals surface area contributed by atoms with Crippen LogP contribution < -0.4 is 5.73 Å². The Bertz CT molecular complexity index is 129. The zero-order valence-electron chi connectivity index (χ0n) is 6.21. The molecule has 11 heavy (non-hydrogen) atoms. The van der Waals surface area contributed by atoms with E-state index in [0.29, 0.717) is 0 Å². The molecule has 5 heteroatoms. The van der Waals surface area contributed by atoms with Crippen molar-refractivity contribution in [1.29, 1.82) is 0 Å². The van der Waals surface area contributed by atoms with Crippen LogP contribution in [0, 0.1) is 0 Å². The van der Waals surface area contributed by atoms with Crippen molar-refractivity contribution < 1.29 is 20.1 Å². The highest BCUT2D eigenvalue weighted by atomic mass is 16.6. The zero-order chi connectivity index (χ0) is 8.59. The first-order valence-electron chi connectivity index (χ1n) is 3.49. The largest absolute Gasteiger partial charge is 0.388 e. The normalized spacial score (nSPS) is 52.6. The molecule has 0 saturated carbocycles. The summed E-state index contributed by atoms with van der Waals surface area (Å²) in [6, 6.07) is -0.929. The number of aliphatic hydroxyl groups is 3. The lowest BCUT2D eigenvalue weighted by molar-refractivity contribution is -0.236. The van der Waals surface area contributed by atoms with Gasteiger partial charge in [0.2, 0.25) is 0 Å². The fourth-order valence-electron chi connectivity index (χ4n) is 1.07. The van der Waals surface area contributed by atoms with Crippen molar-refractivity contribution in [3.63, 3.8) is 0 Å². The van der Waals surface area contributed by atoms with E-state index >= 15 is 0 Å². The number of hydrogen-bond donors (Lipinski definition) is 4. The molecule has 1 saturated heterocycles. The number of aliphatic hydroxyl groups excluding tert-OH is 3. The maximum atomic E-state index is 9.17. The van der Waals surface area contributed by atoms with Gasteiger partial charge in [-0.3, -0.25) is 0 Å². The van der Waals surface area contributed by atoms with E-state index < -0.39 is 30.6 Å². The fraction of sp³-hybridized carbons (Fsp3) is 1.00. The van der Waals surface area contributed by atoms with Crippen molar-refractivity contribution in [2.24, 2.45) is 5.73 Å². The Hall–Kier alpha value is -0.200. The molecule has 1 aliphatic heterocycles. The van der Waals surface area contributed by atoms with E-state index in [1.54, 1.807) is 6.92 Å². The Balaban J connectivity index is 2.63. The van der Waals surface area contributed by atoms with Crippen molar-refractivity contribution in [3.05, 3.63) is 0 Å². The molecule has 1 aliphatic rings. The highest BCUT2D eigenvalue weighted by Crippen LogP contribution is 2.17. The molecule has 66 valence electrons. The second-order valence-corrected chi connectivity index (χ2v) is 2.79. The van der Waals surface area contributed by atoms with Gasteiger partial charge in [-0.1, -0.05) is 0 Å². The molecule has 0 aromatic rings. The third-order valence-electron chi connectivity index (χ3n) is 1.91. The van der Waals surface area contributed by atoms with Gasteiger partial charge in [0.25, 0.3) is 0 Å². The highest BCUT2D eigenvalue weighted by molar-refractivity contribution is 4.88. The predicted octanol–water partition coefficient (Wildman–Crippen LogP) is -2.23. The molecule has 5 atom stereocenters. The molecular formula is C6H13NO4. The van der Waals surface area contributed by atoms with Crippen LogP contribution >= 0.6 is 0 Å². The van der Waals surface area contributed by atoms with Gasteiger partial charge < -0.3 is 25.8 Å². The number of nitrogens with two attached hydrogens (primary N) is 1. The average molecular weight is 163 g/mol. The third kappa shape index (κ3) is 1.52. The first-order valence-corrected chi connectivity index (χ1v) is 3.49. The molecular weight excluding hydrogens is 150 g/mol. The smallest absolute Gasteiger partial charge is 0.172 e. The summed E-state index contributed by atoms with van der Waals surface area (Å²) < 4.78 is 4.80. The van der Waals surface area contributed by atoms with Gasteiger partial charge in [-0.05, 0) is 6.92 Å². The van der Waals surface area contributed by atoms with Crippen LogP contribution in [0.25, 0.3) is 0 Å². The van der Waals surface area contributed by atoms with Gasteiger partial charge in [-0.15, -0.1) is 0 Å². The molecule has 0 aromatic heterocycles. The molecule has 0 amide bonds. The summed E-state index contributed by atoms with van der Waals surface area (Å²) in [6.07, 6.45) is -3.91. The molecule has 1 fully saturated rings. The third-order valence-corrected chi connectivity index (χ3v) is 1.91. The minimum absolute atomic E-state index is 0.584. The van der Waals surface area contributed by atoms with Crippen molar-refractivity contribution >= 4 is 0 Å². The summed E-state index contributed by atoms with van der Waals surface area (Å²) in [5.74, 6) is 0. The van der Waals surface area contributed by atoms with E-state index in [1.807, 2.05) is 0 Å². The van der Waals surface area contributed by atoms with Crippen LogP contribution in [-0.4, -0.2) is 46.0 Å². The van der Waals surface area contributed by atoms with Gasteiger partial charge in [0.05, 0.1) is 12.1 Å². The molecule has 0 radical (unpaired) electrons. The maximum absolute atomic E-state index is 9.17. The number of hydrogen-bond acceptors (Lipinski definition) is 5. The molecule has 0 bridgehead atoms. The van der Waals surface area contributed by atoms with Crippen molar-refractivity contribution in [3.8, 4) is 0 Å². The predicted molar refractivity (Wildman–Crippen MR) is 36.5 cm³/mol. The molecule has 0 aromatic carbocycles. The standard InChI is InChI=1S/C6H13NO4/c1-2-4(8)5(9)3(7)6(10)11-2/h2-6,8-10H,7H2,1H3/t2-,3+,4-,5-,6?/m1/s1. The quantitative estimate of drug-likeness (QED) is 0.324. The Morgan fingerprint density at radius 2 is 1.73 bits per heavy atom. The minimum atomic E-state index is -1.19. The summed E-state index contributed by atoms with van der Waals surface area (Å²) in [5.41, 5.74) is 5.29. The molecule has 5 nitrogen and oxygen atoms in total. The van der Waals surface area contributed by atoms with Crippen LogP contribution in [0.15, 0.2) is 0 Å². The van der Waals surface area contributed by atoms with Gasteiger partial charge in [0.1, 0.15) is 12.2 Å². The van der Waals surface area contributed by atoms with Crippen molar-refractivity contribution in [1.82, 2.24) is 0 Å². The second-order valence-electron chi connectivity index (χ2n) is 2.79. The van der Waals surface area contributed by atoms with Crippen LogP contribution in [0.2, 0.25) is 0 Å². The number of ether oxygens (including phenoxy) is 1. The van der Waals surface area contributed by atoms with Crippen molar-refractivity contribution in [2.45, 2.75) is 37.6 Å². The molecule has 1 rings (SSSR count). The second kappa shape index (κ2) is 3.04. The van der Waals surface area contributed by atoms with Crippen molar-refractivity contribution in [2.75, 3.05) is 0 Å². The van der Waals surface area contributed by atoms with Gasteiger partial charge >= 0.3 is 0 Å². The first-order chi connectivity index (χ1) is 5.04. The van der Waals surface area contributed by atoms with Crippen LogP contribution in [0.5, 0.6) is 0 Å². The Kier molecular flexibility index (Phi) is 2.46. The first kappa shape index (κ1) is 8.89. The summed E-state index contributed by atoms with van der Waals surface area (Å²) in [7, 11) is 0. The van der Waals surface area contributed by atoms with Crippen LogP contribution in [-0.2, 0) is 4.74 Å². The van der Waals surface area contributed by atoms with E-state index in [4.69, 9.17) is 20.7 Å². The Morgan fingerprint density at radius 3 is 2.27 bits per heavy atom. The van der Waals surface area contributed by atoms with E-state index in [0.717, 1.165) is 0 Å². The van der Waals surface area contributed by atoms with Crippen LogP contribution in [0.3, 0.4) is 0 Å². The van der Waals surface area contributed by atoms with Gasteiger partial charge in [0, 0.05) is 0 Å². The molecule has 0 spiro atoms. The van der Waals surface area contributed by atoms with Gasteiger partial charge in [-0.25, -0.2) is 0 Å². The van der Waals surface area contributed by atoms with E-state index in [-0.39, 0.29) is 0 Å². The Labute approximate surface area is 64.4 Å². The monoisotopic (exact) mass is 163 g/mol. The van der Waals surface area contributed by atoms with Crippen LogP contribution in [0.4, 0.5) is 0 Å². The lowest BCUT2D eigenvalue weighted by Gasteiger charge is -2.37. The summed E-state index contributed by atoms with van der Waals surface area (Å²) in [4.78, 5) is 0.